The largest absolute Gasteiger partial charge is 0.141 e. The Bertz CT molecular complexity index is 2610. The molecule has 302 valence electrons. The van der Waals surface area contributed by atoms with E-state index in [1.165, 1.54) is 111 Å². The van der Waals surface area contributed by atoms with Gasteiger partial charge in [-0.25, -0.2) is 0 Å². The van der Waals surface area contributed by atoms with Crippen LogP contribution in [0.25, 0.3) is 44.5 Å². The summed E-state index contributed by atoms with van der Waals surface area (Å²) in [6, 6.07) is 64.3. The van der Waals surface area contributed by atoms with Gasteiger partial charge in [0, 0.05) is 23.0 Å². The summed E-state index contributed by atoms with van der Waals surface area (Å²) in [7, 11) is 0. The second kappa shape index (κ2) is 16.7. The SMILES string of the molecule is c1ccc2c(c1)Cc1c(CSC(SCc3cccc4c3Cc3ccccc3-4)C(SCc3cccc4c3Cc3ccccc3-4)SCc3cccc4c3Cc3ccccc3-4)cccc1-2. The van der Waals surface area contributed by atoms with Crippen molar-refractivity contribution in [1.29, 1.82) is 0 Å². The fraction of sp³-hybridized carbons (Fsp3) is 0.172. The summed E-state index contributed by atoms with van der Waals surface area (Å²) >= 11 is 8.76. The van der Waals surface area contributed by atoms with Gasteiger partial charge in [0.15, 0.2) is 0 Å². The van der Waals surface area contributed by atoms with Crippen molar-refractivity contribution in [3.63, 3.8) is 0 Å². The topological polar surface area (TPSA) is 0 Å². The van der Waals surface area contributed by atoms with Crippen LogP contribution in [0, 0.1) is 0 Å². The Balaban J connectivity index is 0.886. The van der Waals surface area contributed by atoms with Crippen LogP contribution in [0.2, 0.25) is 0 Å². The molecule has 0 aromatic heterocycles. The monoisotopic (exact) mass is 870 g/mol. The van der Waals surface area contributed by atoms with Crippen LogP contribution in [0.4, 0.5) is 0 Å². The van der Waals surface area contributed by atoms with Crippen LogP contribution in [0.3, 0.4) is 0 Å². The zero-order valence-corrected chi connectivity index (χ0v) is 37.9. The summed E-state index contributed by atoms with van der Waals surface area (Å²) in [5.41, 5.74) is 29.3. The van der Waals surface area contributed by atoms with Gasteiger partial charge in [0.2, 0.25) is 0 Å². The molecular weight excluding hydrogens is 825 g/mol. The van der Waals surface area contributed by atoms with E-state index in [-0.39, 0.29) is 0 Å². The van der Waals surface area contributed by atoms with Crippen molar-refractivity contribution in [2.24, 2.45) is 0 Å². The van der Waals surface area contributed by atoms with Gasteiger partial charge in [-0.1, -0.05) is 170 Å². The lowest BCUT2D eigenvalue weighted by Crippen LogP contribution is -2.16. The summed E-state index contributed by atoms with van der Waals surface area (Å²) in [4.78, 5) is 0. The first-order chi connectivity index (χ1) is 30.7. The van der Waals surface area contributed by atoms with Crippen molar-refractivity contribution >= 4 is 47.0 Å². The Morgan fingerprint density at radius 2 is 0.484 bits per heavy atom. The molecule has 0 saturated heterocycles. The molecule has 8 aromatic rings. The molecule has 0 fully saturated rings. The van der Waals surface area contributed by atoms with Crippen LogP contribution < -0.4 is 0 Å². The summed E-state index contributed by atoms with van der Waals surface area (Å²) in [5.74, 6) is 4.04. The van der Waals surface area contributed by atoms with Crippen molar-refractivity contribution in [3.05, 3.63) is 237 Å². The molecule has 4 heteroatoms. The minimum absolute atomic E-state index is 0.368. The number of rotatable bonds is 13. The van der Waals surface area contributed by atoms with E-state index in [1.807, 2.05) is 0 Å². The molecule has 0 spiro atoms. The summed E-state index contributed by atoms with van der Waals surface area (Å²) < 4.78 is 0.736. The highest BCUT2D eigenvalue weighted by atomic mass is 32.2. The first-order valence-corrected chi connectivity index (χ1v) is 26.2. The maximum atomic E-state index is 2.41. The summed E-state index contributed by atoms with van der Waals surface area (Å²) in [5, 5.41) is 0. The van der Waals surface area contributed by atoms with Crippen molar-refractivity contribution in [3.8, 4) is 44.5 Å². The van der Waals surface area contributed by atoms with Crippen LogP contribution >= 0.6 is 47.0 Å². The third kappa shape index (κ3) is 7.08. The fourth-order valence-corrected chi connectivity index (χ4v) is 17.1. The Kier molecular flexibility index (Phi) is 10.5. The Morgan fingerprint density at radius 3 is 0.742 bits per heavy atom. The second-order valence-corrected chi connectivity index (χ2v) is 22.2. The van der Waals surface area contributed by atoms with Crippen LogP contribution in [-0.2, 0) is 48.7 Å². The van der Waals surface area contributed by atoms with Crippen LogP contribution in [0.1, 0.15) is 66.8 Å². The minimum Gasteiger partial charge on any atom is -0.141 e. The molecule has 4 aliphatic rings. The molecule has 0 heterocycles. The highest BCUT2D eigenvalue weighted by Gasteiger charge is 2.30. The number of benzene rings is 8. The number of fused-ring (bicyclic) bond motifs is 12. The first-order valence-electron chi connectivity index (χ1n) is 22.0. The molecule has 0 amide bonds. The Morgan fingerprint density at radius 1 is 0.258 bits per heavy atom. The standard InChI is InChI=1S/C58H46S4/c1-5-21-45-37(13-1)29-53-41(17-9-25-49(45)53)33-59-57(60-34-42-18-10-26-50-46-22-6-2-14-38(46)30-54(42)50)58(61-35-43-19-11-27-51-47-23-7-3-15-39(47)31-55(43)51)62-36-44-20-12-28-52-48-24-8-4-16-40(48)32-56(44)52/h1-28,57-58H,29-36H2. The van der Waals surface area contributed by atoms with Gasteiger partial charge in [-0.05, 0) is 137 Å². The third-order valence-corrected chi connectivity index (χ3v) is 20.3. The lowest BCUT2D eigenvalue weighted by atomic mass is 10.0. The fourth-order valence-electron chi connectivity index (χ4n) is 10.5. The lowest BCUT2D eigenvalue weighted by molar-refractivity contribution is 1.18. The molecule has 0 saturated carbocycles. The molecule has 62 heavy (non-hydrogen) atoms. The maximum Gasteiger partial charge on any atom is 0.0719 e. The second-order valence-electron chi connectivity index (χ2n) is 17.1. The quantitative estimate of drug-likeness (QED) is 0.106. The van der Waals surface area contributed by atoms with Gasteiger partial charge in [-0.15, -0.1) is 47.0 Å². The zero-order valence-electron chi connectivity index (χ0n) is 34.6. The van der Waals surface area contributed by atoms with Crippen molar-refractivity contribution in [1.82, 2.24) is 0 Å². The van der Waals surface area contributed by atoms with Gasteiger partial charge in [0.1, 0.15) is 0 Å². The van der Waals surface area contributed by atoms with Gasteiger partial charge in [-0.2, -0.15) is 0 Å². The Labute approximate surface area is 383 Å². The van der Waals surface area contributed by atoms with E-state index in [9.17, 15) is 0 Å². The lowest BCUT2D eigenvalue weighted by Gasteiger charge is -2.27. The molecule has 0 atom stereocenters. The maximum absolute atomic E-state index is 2.41. The molecule has 0 aliphatic heterocycles. The predicted molar refractivity (Wildman–Crippen MR) is 271 cm³/mol. The smallest absolute Gasteiger partial charge is 0.0719 e. The first kappa shape index (κ1) is 38.8. The molecule has 4 aliphatic carbocycles. The molecule has 0 nitrogen and oxygen atoms in total. The van der Waals surface area contributed by atoms with Crippen LogP contribution in [0.5, 0.6) is 0 Å². The van der Waals surface area contributed by atoms with Crippen molar-refractivity contribution < 1.29 is 0 Å². The average Bonchev–Trinajstić information content (AvgIpc) is 4.10. The normalized spacial score (nSPS) is 13.4. The Hall–Kier alpha value is -4.84. The molecule has 0 unspecified atom stereocenters. The highest BCUT2D eigenvalue weighted by Crippen LogP contribution is 2.49. The van der Waals surface area contributed by atoms with E-state index in [2.05, 4.69) is 217 Å². The van der Waals surface area contributed by atoms with Crippen LogP contribution in [-0.4, -0.2) is 9.16 Å². The third-order valence-electron chi connectivity index (χ3n) is 13.6. The van der Waals surface area contributed by atoms with E-state index < -0.39 is 0 Å². The molecule has 0 radical (unpaired) electrons. The zero-order chi connectivity index (χ0) is 41.0. The minimum atomic E-state index is 0.368. The molecule has 0 bridgehead atoms. The van der Waals surface area contributed by atoms with Gasteiger partial charge < -0.3 is 0 Å². The number of hydrogen-bond donors (Lipinski definition) is 0. The van der Waals surface area contributed by atoms with Gasteiger partial charge in [0.25, 0.3) is 0 Å². The number of hydrogen-bond acceptors (Lipinski definition) is 4. The predicted octanol–water partition coefficient (Wildman–Crippen LogP) is 15.7. The van der Waals surface area contributed by atoms with Crippen molar-refractivity contribution in [2.75, 3.05) is 0 Å². The van der Waals surface area contributed by atoms with E-state index in [0.717, 1.165) is 48.7 Å². The van der Waals surface area contributed by atoms with Gasteiger partial charge in [0.05, 0.1) is 9.16 Å². The van der Waals surface area contributed by atoms with E-state index >= 15 is 0 Å². The molecule has 12 rings (SSSR count). The van der Waals surface area contributed by atoms with E-state index in [4.69, 9.17) is 0 Å². The molecular formula is C58H46S4. The van der Waals surface area contributed by atoms with E-state index in [0.29, 0.717) is 9.16 Å². The number of thioether (sulfide) groups is 4. The average molecular weight is 871 g/mol. The molecule has 0 N–H and O–H groups in total. The van der Waals surface area contributed by atoms with Crippen molar-refractivity contribution in [2.45, 2.75) is 57.9 Å². The molecule has 8 aromatic carbocycles. The van der Waals surface area contributed by atoms with Gasteiger partial charge >= 0.3 is 0 Å². The summed E-state index contributed by atoms with van der Waals surface area (Å²) in [6.07, 6.45) is 4.14. The summed E-state index contributed by atoms with van der Waals surface area (Å²) in [6.45, 7) is 0. The highest BCUT2D eigenvalue weighted by molar-refractivity contribution is 8.22. The van der Waals surface area contributed by atoms with Crippen LogP contribution in [0.15, 0.2) is 170 Å². The van der Waals surface area contributed by atoms with E-state index in [1.54, 1.807) is 0 Å². The van der Waals surface area contributed by atoms with Gasteiger partial charge in [-0.3, -0.25) is 0 Å².